The van der Waals surface area contributed by atoms with Crippen LogP contribution >= 0.6 is 0 Å². The Balaban J connectivity index is 5.90. The van der Waals surface area contributed by atoms with Gasteiger partial charge in [0.05, 0.1) is 25.4 Å². The summed E-state index contributed by atoms with van der Waals surface area (Å²) in [5, 5.41) is 46.5. The monoisotopic (exact) mass is 943 g/mol. The van der Waals surface area contributed by atoms with Crippen molar-refractivity contribution in [3.8, 4) is 0 Å². The van der Waals surface area contributed by atoms with Gasteiger partial charge in [0.1, 0.15) is 42.3 Å². The lowest BCUT2D eigenvalue weighted by atomic mass is 10.0. The van der Waals surface area contributed by atoms with E-state index in [9.17, 15) is 67.7 Å². The fraction of sp³-hybridized carbons (Fsp3) is 0.700. The van der Waals surface area contributed by atoms with E-state index >= 15 is 0 Å². The van der Waals surface area contributed by atoms with Crippen LogP contribution in [0.3, 0.4) is 0 Å². The Morgan fingerprint density at radius 2 is 1.02 bits per heavy atom. The Morgan fingerprint density at radius 3 is 1.52 bits per heavy atom. The van der Waals surface area contributed by atoms with Gasteiger partial charge in [0.15, 0.2) is 0 Å². The summed E-state index contributed by atoms with van der Waals surface area (Å²) < 4.78 is 0. The van der Waals surface area contributed by atoms with E-state index in [2.05, 4.69) is 42.5 Å². The van der Waals surface area contributed by atoms with E-state index in [1.54, 1.807) is 13.8 Å². The van der Waals surface area contributed by atoms with E-state index in [0.717, 1.165) is 6.92 Å². The Labute approximate surface area is 382 Å². The van der Waals surface area contributed by atoms with Crippen molar-refractivity contribution in [2.75, 3.05) is 13.1 Å². The second-order valence-corrected chi connectivity index (χ2v) is 16.8. The molecule has 0 aromatic rings. The summed E-state index contributed by atoms with van der Waals surface area (Å²) in [6.45, 7) is 10.2. The molecule has 0 heterocycles. The summed E-state index contributed by atoms with van der Waals surface area (Å²) in [7, 11) is 0. The first kappa shape index (κ1) is 59.6. The smallest absolute Gasteiger partial charge is 0.326 e. The first-order chi connectivity index (χ1) is 30.6. The van der Waals surface area contributed by atoms with Crippen molar-refractivity contribution in [1.82, 2.24) is 42.5 Å². The standard InChI is InChI=1S/C40H69N11O15/c1-18(2)14-24(48-34(59)22(42)10-8-9-13-41)37(62)49-26(16-30(56)57)38(63)50-31(19(3)4)39(64)44-17-28(53)46-25(15-27(43)52)36(61)45-21(7)33(58)47-23(11-12-29(54)55)35(60)51-32(20(5)6)40(65)66/h18-26,31-32H,8-17,41-42H2,1-7H3,(H2,43,52)(H,44,64)(H,45,61)(H,46,53)(H,47,58)(H,48,59)(H,49,62)(H,50,63)(H,51,60)(H,54,55)(H,56,57)(H,65,66)/t21-,22-,23-,24-,25-,26-,31-,32-/m0/s1. The van der Waals surface area contributed by atoms with E-state index in [0.29, 0.717) is 19.4 Å². The normalized spacial score (nSPS) is 14.7. The van der Waals surface area contributed by atoms with Crippen molar-refractivity contribution < 1.29 is 72.9 Å². The molecule has 0 aromatic carbocycles. The number of primary amides is 1. The highest BCUT2D eigenvalue weighted by Gasteiger charge is 2.35. The zero-order chi connectivity index (χ0) is 51.0. The fourth-order valence-corrected chi connectivity index (χ4v) is 5.98. The molecule has 0 saturated carbocycles. The predicted octanol–water partition coefficient (Wildman–Crippen LogP) is -4.37. The zero-order valence-electron chi connectivity index (χ0n) is 38.4. The van der Waals surface area contributed by atoms with Gasteiger partial charge in [-0.25, -0.2) is 4.79 Å². The number of carbonyl (C=O) groups is 12. The summed E-state index contributed by atoms with van der Waals surface area (Å²) in [5.41, 5.74) is 16.7. The van der Waals surface area contributed by atoms with Crippen LogP contribution < -0.4 is 59.7 Å². The van der Waals surface area contributed by atoms with Gasteiger partial charge >= 0.3 is 17.9 Å². The molecule has 0 aliphatic carbocycles. The molecule has 0 fully saturated rings. The highest BCUT2D eigenvalue weighted by Crippen LogP contribution is 2.10. The van der Waals surface area contributed by atoms with Gasteiger partial charge in [0.25, 0.3) is 0 Å². The van der Waals surface area contributed by atoms with Crippen molar-refractivity contribution in [1.29, 1.82) is 0 Å². The Hall–Kier alpha value is -6.44. The summed E-state index contributed by atoms with van der Waals surface area (Å²) in [5.74, 6) is -14.6. The molecule has 66 heavy (non-hydrogen) atoms. The van der Waals surface area contributed by atoms with Crippen LogP contribution in [0.5, 0.6) is 0 Å². The van der Waals surface area contributed by atoms with E-state index in [1.165, 1.54) is 27.7 Å². The quantitative estimate of drug-likeness (QED) is 0.0283. The zero-order valence-corrected chi connectivity index (χ0v) is 38.4. The number of unbranched alkanes of at least 4 members (excludes halogenated alkanes) is 1. The highest BCUT2D eigenvalue weighted by atomic mass is 16.4. The summed E-state index contributed by atoms with van der Waals surface area (Å²) >= 11 is 0. The third-order valence-electron chi connectivity index (χ3n) is 9.65. The molecule has 0 saturated heterocycles. The topological polar surface area (TPSA) is 440 Å². The average Bonchev–Trinajstić information content (AvgIpc) is 3.20. The molecular formula is C40H69N11O15. The van der Waals surface area contributed by atoms with Gasteiger partial charge in [-0.3, -0.25) is 52.7 Å². The van der Waals surface area contributed by atoms with E-state index in [4.69, 9.17) is 22.3 Å². The lowest BCUT2D eigenvalue weighted by Gasteiger charge is -2.27. The third-order valence-corrected chi connectivity index (χ3v) is 9.65. The first-order valence-electron chi connectivity index (χ1n) is 21.4. The fourth-order valence-electron chi connectivity index (χ4n) is 5.98. The molecule has 8 atom stereocenters. The minimum atomic E-state index is -1.74. The molecule has 0 unspecified atom stereocenters. The van der Waals surface area contributed by atoms with Crippen molar-refractivity contribution in [3.63, 3.8) is 0 Å². The van der Waals surface area contributed by atoms with Crippen LogP contribution in [0.2, 0.25) is 0 Å². The van der Waals surface area contributed by atoms with Gasteiger partial charge in [-0.15, -0.1) is 0 Å². The maximum atomic E-state index is 13.4. The number of amides is 9. The third kappa shape index (κ3) is 23.5. The van der Waals surface area contributed by atoms with Crippen molar-refractivity contribution in [2.45, 2.75) is 148 Å². The first-order valence-corrected chi connectivity index (χ1v) is 21.4. The Morgan fingerprint density at radius 1 is 0.515 bits per heavy atom. The van der Waals surface area contributed by atoms with Gasteiger partial charge < -0.3 is 75.1 Å². The molecule has 26 nitrogen and oxygen atoms in total. The SMILES string of the molecule is CC(C)C[C@H](NC(=O)[C@@H](N)CCCCN)C(=O)N[C@@H](CC(=O)O)C(=O)N[C@H](C(=O)NCC(=O)N[C@@H](CC(N)=O)C(=O)N[C@@H](C)C(=O)N[C@@H](CCC(=O)O)C(=O)N[C@H](C(=O)O)C(C)C)C(C)C. The largest absolute Gasteiger partial charge is 0.481 e. The molecule has 0 aliphatic heterocycles. The molecule has 17 N–H and O–H groups in total. The number of nitrogens with one attached hydrogen (secondary N) is 8. The van der Waals surface area contributed by atoms with Crippen LogP contribution in [-0.4, -0.2) is 148 Å². The minimum Gasteiger partial charge on any atom is -0.481 e. The van der Waals surface area contributed by atoms with Crippen LogP contribution in [0.1, 0.15) is 99.8 Å². The van der Waals surface area contributed by atoms with Crippen LogP contribution in [0.25, 0.3) is 0 Å². The average molecular weight is 944 g/mol. The second kappa shape index (κ2) is 29.9. The molecule has 0 aliphatic rings. The van der Waals surface area contributed by atoms with Gasteiger partial charge in [-0.05, 0) is 56.9 Å². The maximum absolute atomic E-state index is 13.4. The highest BCUT2D eigenvalue weighted by molar-refractivity contribution is 5.99. The van der Waals surface area contributed by atoms with Crippen molar-refractivity contribution >= 4 is 71.1 Å². The molecule has 9 amide bonds. The summed E-state index contributed by atoms with van der Waals surface area (Å²) in [6.07, 6.45) is -1.24. The molecule has 374 valence electrons. The van der Waals surface area contributed by atoms with Crippen LogP contribution in [0, 0.1) is 17.8 Å². The molecule has 0 spiro atoms. The maximum Gasteiger partial charge on any atom is 0.326 e. The van der Waals surface area contributed by atoms with E-state index in [-0.39, 0.29) is 18.8 Å². The van der Waals surface area contributed by atoms with Crippen LogP contribution in [0.15, 0.2) is 0 Å². The van der Waals surface area contributed by atoms with Crippen molar-refractivity contribution in [3.05, 3.63) is 0 Å². The number of carbonyl (C=O) groups excluding carboxylic acids is 9. The summed E-state index contributed by atoms with van der Waals surface area (Å²) in [6, 6.07) is -11.5. The number of carboxylic acids is 3. The summed E-state index contributed by atoms with van der Waals surface area (Å²) in [4.78, 5) is 151. The number of hydrogen-bond donors (Lipinski definition) is 14. The second-order valence-electron chi connectivity index (χ2n) is 16.8. The minimum absolute atomic E-state index is 0.0944. The number of aliphatic carboxylic acids is 3. The lowest BCUT2D eigenvalue weighted by molar-refractivity contribution is -0.144. The number of carboxylic acid groups (broad SMARTS) is 3. The molecule has 0 aromatic heterocycles. The van der Waals surface area contributed by atoms with Crippen LogP contribution in [-0.2, 0) is 57.5 Å². The Bertz CT molecular complexity index is 1740. The van der Waals surface area contributed by atoms with Crippen LogP contribution in [0.4, 0.5) is 0 Å². The lowest BCUT2D eigenvalue weighted by Crippen LogP contribution is -2.59. The molecule has 26 heteroatoms. The predicted molar refractivity (Wildman–Crippen MR) is 233 cm³/mol. The number of rotatable bonds is 32. The number of nitrogens with two attached hydrogens (primary N) is 3. The molecule has 0 rings (SSSR count). The molecular weight excluding hydrogens is 875 g/mol. The van der Waals surface area contributed by atoms with E-state index < -0.39 is 163 Å². The van der Waals surface area contributed by atoms with E-state index in [1.807, 2.05) is 0 Å². The van der Waals surface area contributed by atoms with Gasteiger partial charge in [-0.2, -0.15) is 0 Å². The number of hydrogen-bond acceptors (Lipinski definition) is 14. The molecule has 0 bridgehead atoms. The van der Waals surface area contributed by atoms with Crippen molar-refractivity contribution in [2.24, 2.45) is 35.0 Å². The van der Waals surface area contributed by atoms with Gasteiger partial charge in [-0.1, -0.05) is 48.0 Å². The van der Waals surface area contributed by atoms with Gasteiger partial charge in [0.2, 0.25) is 53.2 Å². The molecule has 0 radical (unpaired) electrons. The Kier molecular flexibility index (Phi) is 27.0. The van der Waals surface area contributed by atoms with Gasteiger partial charge in [0, 0.05) is 6.42 Å².